The van der Waals surface area contributed by atoms with E-state index in [4.69, 9.17) is 9.47 Å². The minimum absolute atomic E-state index is 0.107. The predicted molar refractivity (Wildman–Crippen MR) is 95.2 cm³/mol. The van der Waals surface area contributed by atoms with E-state index in [0.717, 1.165) is 11.3 Å². The van der Waals surface area contributed by atoms with E-state index in [-0.39, 0.29) is 5.91 Å². The van der Waals surface area contributed by atoms with Gasteiger partial charge < -0.3 is 18.8 Å². The molecule has 0 spiro atoms. The molecule has 0 aliphatic carbocycles. The number of rotatable bonds is 6. The lowest BCUT2D eigenvalue weighted by Gasteiger charge is -2.22. The molecule has 0 fully saturated rings. The van der Waals surface area contributed by atoms with Gasteiger partial charge in [0.1, 0.15) is 5.65 Å². The monoisotopic (exact) mass is 339 g/mol. The Balaban J connectivity index is 1.92. The fraction of sp³-hybridized carbons (Fsp3) is 0.263. The summed E-state index contributed by atoms with van der Waals surface area (Å²) in [6.07, 6.45) is 3.75. The number of ether oxygens (including phenoxy) is 2. The number of benzene rings is 1. The molecule has 0 saturated carbocycles. The third kappa shape index (κ3) is 3.15. The number of hydrogen-bond donors (Lipinski definition) is 0. The number of carbonyl (C=O) groups is 1. The van der Waals surface area contributed by atoms with Crippen molar-refractivity contribution < 1.29 is 14.3 Å². The number of aromatic nitrogens is 2. The molecule has 130 valence electrons. The Morgan fingerprint density at radius 2 is 2.00 bits per heavy atom. The number of hydrogen-bond acceptors (Lipinski definition) is 4. The highest BCUT2D eigenvalue weighted by atomic mass is 16.5. The first-order valence-corrected chi connectivity index (χ1v) is 8.10. The summed E-state index contributed by atoms with van der Waals surface area (Å²) < 4.78 is 12.7. The second-order valence-electron chi connectivity index (χ2n) is 5.54. The molecule has 0 bridgehead atoms. The van der Waals surface area contributed by atoms with Gasteiger partial charge in [0.15, 0.2) is 11.5 Å². The average molecular weight is 339 g/mol. The molecular formula is C19H21N3O3. The van der Waals surface area contributed by atoms with Crippen LogP contribution in [0.3, 0.4) is 0 Å². The maximum Gasteiger partial charge on any atom is 0.258 e. The topological polar surface area (TPSA) is 56.1 Å². The molecule has 0 unspecified atom stereocenters. The first-order valence-electron chi connectivity index (χ1n) is 8.10. The third-order valence-corrected chi connectivity index (χ3v) is 4.15. The van der Waals surface area contributed by atoms with E-state index >= 15 is 0 Å². The summed E-state index contributed by atoms with van der Waals surface area (Å²) >= 11 is 0. The van der Waals surface area contributed by atoms with E-state index in [9.17, 15) is 4.79 Å². The Labute approximate surface area is 146 Å². The lowest BCUT2D eigenvalue weighted by Crippen LogP contribution is -2.31. The number of fused-ring (bicyclic) bond motifs is 1. The Hall–Kier alpha value is -3.02. The molecule has 0 aliphatic heterocycles. The van der Waals surface area contributed by atoms with Crippen LogP contribution in [-0.2, 0) is 6.54 Å². The van der Waals surface area contributed by atoms with Gasteiger partial charge in [-0.1, -0.05) is 12.1 Å². The molecule has 0 aliphatic rings. The summed E-state index contributed by atoms with van der Waals surface area (Å²) in [6, 6.07) is 11.1. The van der Waals surface area contributed by atoms with Crippen LogP contribution in [0.5, 0.6) is 11.5 Å². The minimum atomic E-state index is -0.107. The molecule has 25 heavy (non-hydrogen) atoms. The second kappa shape index (κ2) is 7.25. The van der Waals surface area contributed by atoms with Crippen molar-refractivity contribution in [2.75, 3.05) is 20.8 Å². The Kier molecular flexibility index (Phi) is 4.88. The van der Waals surface area contributed by atoms with Gasteiger partial charge >= 0.3 is 0 Å². The molecule has 0 N–H and O–H groups in total. The lowest BCUT2D eigenvalue weighted by molar-refractivity contribution is 0.0746. The van der Waals surface area contributed by atoms with E-state index in [1.54, 1.807) is 36.4 Å². The molecule has 2 aromatic heterocycles. The summed E-state index contributed by atoms with van der Waals surface area (Å²) in [5, 5.41) is 0. The fourth-order valence-corrected chi connectivity index (χ4v) is 2.85. The van der Waals surface area contributed by atoms with Gasteiger partial charge in [-0.2, -0.15) is 0 Å². The van der Waals surface area contributed by atoms with E-state index in [2.05, 4.69) is 4.98 Å². The maximum atomic E-state index is 13.0. The quantitative estimate of drug-likeness (QED) is 0.693. The van der Waals surface area contributed by atoms with Crippen LogP contribution in [0.15, 0.2) is 48.8 Å². The van der Waals surface area contributed by atoms with Crippen molar-refractivity contribution >= 4 is 11.6 Å². The van der Waals surface area contributed by atoms with Gasteiger partial charge in [-0.15, -0.1) is 0 Å². The highest BCUT2D eigenvalue weighted by molar-refractivity contribution is 5.97. The van der Waals surface area contributed by atoms with E-state index in [1.165, 1.54) is 7.11 Å². The minimum Gasteiger partial charge on any atom is -0.493 e. The normalized spacial score (nSPS) is 10.7. The standard InChI is InChI=1S/C19H21N3O3/c1-4-21(13-14-12-20-17-10-5-6-11-22(14)17)19(23)15-8-7-9-16(24-2)18(15)25-3/h5-12H,4,13H2,1-3H3. The van der Waals surface area contributed by atoms with E-state index in [1.807, 2.05) is 35.7 Å². The van der Waals surface area contributed by atoms with Crippen molar-refractivity contribution in [2.45, 2.75) is 13.5 Å². The molecule has 1 aromatic carbocycles. The van der Waals surface area contributed by atoms with E-state index in [0.29, 0.717) is 30.2 Å². The first kappa shape index (κ1) is 16.8. The van der Waals surface area contributed by atoms with Crippen molar-refractivity contribution in [1.82, 2.24) is 14.3 Å². The zero-order valence-corrected chi connectivity index (χ0v) is 14.6. The molecule has 0 radical (unpaired) electrons. The summed E-state index contributed by atoms with van der Waals surface area (Å²) in [6.45, 7) is 2.98. The molecule has 0 atom stereocenters. The summed E-state index contributed by atoms with van der Waals surface area (Å²) in [7, 11) is 3.09. The van der Waals surface area contributed by atoms with Gasteiger partial charge in [0, 0.05) is 12.7 Å². The molecule has 6 nitrogen and oxygen atoms in total. The highest BCUT2D eigenvalue weighted by Crippen LogP contribution is 2.31. The van der Waals surface area contributed by atoms with E-state index < -0.39 is 0 Å². The number of pyridine rings is 1. The first-order chi connectivity index (χ1) is 12.2. The smallest absolute Gasteiger partial charge is 0.258 e. The van der Waals surface area contributed by atoms with Gasteiger partial charge in [-0.25, -0.2) is 4.98 Å². The van der Waals surface area contributed by atoms with Crippen molar-refractivity contribution in [2.24, 2.45) is 0 Å². The third-order valence-electron chi connectivity index (χ3n) is 4.15. The number of nitrogens with zero attached hydrogens (tertiary/aromatic N) is 3. The number of carbonyl (C=O) groups excluding carboxylic acids is 1. The molecule has 1 amide bonds. The Morgan fingerprint density at radius 3 is 2.72 bits per heavy atom. The summed E-state index contributed by atoms with van der Waals surface area (Å²) in [5.74, 6) is 0.884. The zero-order chi connectivity index (χ0) is 17.8. The van der Waals surface area contributed by atoms with Gasteiger partial charge in [0.25, 0.3) is 5.91 Å². The second-order valence-corrected chi connectivity index (χ2v) is 5.54. The van der Waals surface area contributed by atoms with Gasteiger partial charge in [0.2, 0.25) is 0 Å². The largest absolute Gasteiger partial charge is 0.493 e. The van der Waals surface area contributed by atoms with Crippen molar-refractivity contribution in [3.8, 4) is 11.5 Å². The van der Waals surface area contributed by atoms with Crippen LogP contribution < -0.4 is 9.47 Å². The van der Waals surface area contributed by atoms with Gasteiger partial charge in [-0.05, 0) is 31.2 Å². The fourth-order valence-electron chi connectivity index (χ4n) is 2.85. The van der Waals surface area contributed by atoms with Crippen LogP contribution in [0.1, 0.15) is 23.0 Å². The van der Waals surface area contributed by atoms with Crippen molar-refractivity contribution in [3.05, 3.63) is 60.0 Å². The number of imidazole rings is 1. The molecule has 3 aromatic rings. The van der Waals surface area contributed by atoms with Gasteiger partial charge in [0.05, 0.1) is 38.2 Å². The van der Waals surface area contributed by atoms with Crippen molar-refractivity contribution in [3.63, 3.8) is 0 Å². The van der Waals surface area contributed by atoms with Crippen LogP contribution in [-0.4, -0.2) is 41.0 Å². The number of methoxy groups -OCH3 is 2. The average Bonchev–Trinajstić information content (AvgIpc) is 3.07. The Morgan fingerprint density at radius 1 is 1.16 bits per heavy atom. The maximum absolute atomic E-state index is 13.0. The summed E-state index contributed by atoms with van der Waals surface area (Å²) in [4.78, 5) is 19.2. The Bertz CT molecular complexity index is 889. The molecule has 0 saturated heterocycles. The molecule has 6 heteroatoms. The predicted octanol–water partition coefficient (Wildman–Crippen LogP) is 3.01. The summed E-state index contributed by atoms with van der Waals surface area (Å²) in [5.41, 5.74) is 2.30. The SMILES string of the molecule is CCN(Cc1cnc2ccccn12)C(=O)c1cccc(OC)c1OC. The van der Waals surface area contributed by atoms with Crippen LogP contribution in [0.25, 0.3) is 5.65 Å². The molecule has 3 rings (SSSR count). The molecule has 2 heterocycles. The van der Waals surface area contributed by atoms with Crippen LogP contribution in [0.4, 0.5) is 0 Å². The van der Waals surface area contributed by atoms with Crippen molar-refractivity contribution in [1.29, 1.82) is 0 Å². The van der Waals surface area contributed by atoms with Crippen LogP contribution in [0, 0.1) is 0 Å². The molecular weight excluding hydrogens is 318 g/mol. The lowest BCUT2D eigenvalue weighted by atomic mass is 10.1. The van der Waals surface area contributed by atoms with Crippen LogP contribution in [0.2, 0.25) is 0 Å². The number of para-hydroxylation sites is 1. The highest BCUT2D eigenvalue weighted by Gasteiger charge is 2.22. The zero-order valence-electron chi connectivity index (χ0n) is 14.6. The number of amides is 1. The van der Waals surface area contributed by atoms with Crippen LogP contribution >= 0.6 is 0 Å². The van der Waals surface area contributed by atoms with Gasteiger partial charge in [-0.3, -0.25) is 4.79 Å².